The lowest BCUT2D eigenvalue weighted by Crippen LogP contribution is -2.49. The fraction of sp³-hybridized carbons (Fsp3) is 0.440. The van der Waals surface area contributed by atoms with Gasteiger partial charge in [-0.3, -0.25) is 9.69 Å². The molecule has 1 fully saturated rings. The van der Waals surface area contributed by atoms with Gasteiger partial charge in [0.2, 0.25) is 6.41 Å². The molecule has 0 aliphatic heterocycles. The Morgan fingerprint density at radius 1 is 0.970 bits per heavy atom. The number of hydrogen-bond donors (Lipinski definition) is 0. The lowest BCUT2D eigenvalue weighted by molar-refractivity contribution is -0.183. The average Bonchev–Trinajstić information content (AvgIpc) is 2.84. The van der Waals surface area contributed by atoms with Crippen LogP contribution in [-0.4, -0.2) is 55.1 Å². The Bertz CT molecular complexity index is 900. The quantitative estimate of drug-likeness (QED) is 0.512. The first-order valence-corrected chi connectivity index (χ1v) is 11.1. The van der Waals surface area contributed by atoms with Crippen LogP contribution in [0.3, 0.4) is 0 Å². The lowest BCUT2D eigenvalue weighted by atomic mass is 9.85. The number of nitrogens with zero attached hydrogens (tertiary/aromatic N) is 3. The summed E-state index contributed by atoms with van der Waals surface area (Å²) in [5.41, 5.74) is 1.88. The molecule has 0 spiro atoms. The topological polar surface area (TPSA) is 43.9 Å². The molecular formula is C25H30F3N3O2. The molecule has 2 aromatic rings. The number of benzene rings is 2. The van der Waals surface area contributed by atoms with E-state index < -0.39 is 18.1 Å². The third kappa shape index (κ3) is 6.06. The number of likely N-dealkylation sites (N-methyl/N-ethyl adjacent to an activating group) is 1. The fourth-order valence-electron chi connectivity index (χ4n) is 4.47. The number of anilines is 1. The Balaban J connectivity index is 1.74. The minimum atomic E-state index is -4.20. The molecule has 3 amide bonds. The summed E-state index contributed by atoms with van der Waals surface area (Å²) in [6, 6.07) is 18.1. The molecule has 3 rings (SSSR count). The Morgan fingerprint density at radius 3 is 2.03 bits per heavy atom. The van der Waals surface area contributed by atoms with Crippen LogP contribution in [0.2, 0.25) is 0 Å². The van der Waals surface area contributed by atoms with Crippen LogP contribution in [0.5, 0.6) is 0 Å². The molecule has 1 atom stereocenters. The molecule has 0 radical (unpaired) electrons. The van der Waals surface area contributed by atoms with Crippen molar-refractivity contribution in [3.63, 3.8) is 0 Å². The number of urea groups is 1. The van der Waals surface area contributed by atoms with Crippen LogP contribution in [0.4, 0.5) is 23.7 Å². The molecule has 8 heteroatoms. The summed E-state index contributed by atoms with van der Waals surface area (Å²) in [6.07, 6.45) is -3.16. The Morgan fingerprint density at radius 2 is 1.52 bits per heavy atom. The predicted molar refractivity (Wildman–Crippen MR) is 122 cm³/mol. The molecule has 178 valence electrons. The molecular weight excluding hydrogens is 431 g/mol. The molecule has 1 unspecified atom stereocenters. The van der Waals surface area contributed by atoms with Gasteiger partial charge in [0.05, 0.1) is 18.5 Å². The molecule has 1 aliphatic carbocycles. The van der Waals surface area contributed by atoms with Crippen molar-refractivity contribution in [1.82, 2.24) is 9.80 Å². The van der Waals surface area contributed by atoms with E-state index >= 15 is 0 Å². The second-order valence-electron chi connectivity index (χ2n) is 8.57. The summed E-state index contributed by atoms with van der Waals surface area (Å²) in [6.45, 7) is 0.111. The van der Waals surface area contributed by atoms with E-state index in [1.807, 2.05) is 72.6 Å². The van der Waals surface area contributed by atoms with Crippen LogP contribution in [0, 0.1) is 5.92 Å². The van der Waals surface area contributed by atoms with E-state index in [0.717, 1.165) is 16.2 Å². The summed E-state index contributed by atoms with van der Waals surface area (Å²) < 4.78 is 39.0. The van der Waals surface area contributed by atoms with Gasteiger partial charge in [0.1, 0.15) is 0 Å². The van der Waals surface area contributed by atoms with Crippen molar-refractivity contribution in [2.45, 2.75) is 43.9 Å². The summed E-state index contributed by atoms with van der Waals surface area (Å²) in [5.74, 6) is -1.32. The number of carbonyl (C=O) groups excluding carboxylic acids is 2. The zero-order valence-electron chi connectivity index (χ0n) is 18.9. The molecule has 2 aromatic carbocycles. The third-order valence-electron chi connectivity index (χ3n) is 6.57. The van der Waals surface area contributed by atoms with Crippen molar-refractivity contribution >= 4 is 18.1 Å². The summed E-state index contributed by atoms with van der Waals surface area (Å²) in [5, 5.41) is 0. The first kappa shape index (κ1) is 24.6. The van der Waals surface area contributed by atoms with Gasteiger partial charge in [-0.1, -0.05) is 48.5 Å². The van der Waals surface area contributed by atoms with Crippen LogP contribution < -0.4 is 4.90 Å². The average molecular weight is 462 g/mol. The first-order valence-electron chi connectivity index (χ1n) is 11.1. The smallest absolute Gasteiger partial charge is 0.366 e. The predicted octanol–water partition coefficient (Wildman–Crippen LogP) is 5.50. The molecule has 1 aliphatic rings. The maximum absolute atomic E-state index is 13.2. The summed E-state index contributed by atoms with van der Waals surface area (Å²) in [7, 11) is 3.47. The van der Waals surface area contributed by atoms with E-state index in [1.165, 1.54) is 4.90 Å². The van der Waals surface area contributed by atoms with Gasteiger partial charge in [-0.15, -0.1) is 0 Å². The third-order valence-corrected chi connectivity index (χ3v) is 6.57. The van der Waals surface area contributed by atoms with Crippen LogP contribution in [-0.2, 0) is 4.79 Å². The van der Waals surface area contributed by atoms with Gasteiger partial charge in [-0.25, -0.2) is 4.79 Å². The van der Waals surface area contributed by atoms with Gasteiger partial charge in [0, 0.05) is 25.8 Å². The summed E-state index contributed by atoms with van der Waals surface area (Å²) in [4.78, 5) is 29.7. The van der Waals surface area contributed by atoms with Crippen molar-refractivity contribution in [3.8, 4) is 0 Å². The van der Waals surface area contributed by atoms with Gasteiger partial charge in [-0.2, -0.15) is 13.2 Å². The highest BCUT2D eigenvalue weighted by Gasteiger charge is 2.42. The van der Waals surface area contributed by atoms with Crippen molar-refractivity contribution in [2.24, 2.45) is 5.92 Å². The van der Waals surface area contributed by atoms with Crippen LogP contribution >= 0.6 is 0 Å². The highest BCUT2D eigenvalue weighted by Crippen LogP contribution is 2.38. The van der Waals surface area contributed by atoms with E-state index in [0.29, 0.717) is 6.41 Å². The number of imide groups is 1. The van der Waals surface area contributed by atoms with Crippen molar-refractivity contribution in [3.05, 3.63) is 66.2 Å². The Hall–Kier alpha value is -3.03. The number of halogens is 3. The molecule has 0 N–H and O–H groups in total. The maximum atomic E-state index is 13.2. The van der Waals surface area contributed by atoms with Gasteiger partial charge in [-0.05, 0) is 43.4 Å². The van der Waals surface area contributed by atoms with Gasteiger partial charge in [0.25, 0.3) is 0 Å². The highest BCUT2D eigenvalue weighted by molar-refractivity contribution is 5.85. The second kappa shape index (κ2) is 10.7. The van der Waals surface area contributed by atoms with Crippen LogP contribution in [0.25, 0.3) is 0 Å². The maximum Gasteiger partial charge on any atom is 0.391 e. The Labute approximate surface area is 192 Å². The zero-order chi connectivity index (χ0) is 24.0. The standard InChI is InChI=1S/C25H30F3N3O2/c1-29(21-11-7-4-8-12-21)23(19-9-5-3-6-10-19)17-31(18-32)24(33)30(2)22-15-13-20(14-16-22)25(26,27)28/h3-12,18,20,22-23H,13-17H2,1-2H3. The Kier molecular flexibility index (Phi) is 8.00. The number of para-hydroxylation sites is 1. The van der Waals surface area contributed by atoms with Gasteiger partial charge >= 0.3 is 12.2 Å². The monoisotopic (exact) mass is 461 g/mol. The first-order chi connectivity index (χ1) is 15.7. The molecule has 33 heavy (non-hydrogen) atoms. The van der Waals surface area contributed by atoms with E-state index in [4.69, 9.17) is 0 Å². The second-order valence-corrected chi connectivity index (χ2v) is 8.57. The zero-order valence-corrected chi connectivity index (χ0v) is 18.9. The number of alkyl halides is 3. The number of amides is 3. The number of rotatable bonds is 7. The minimum absolute atomic E-state index is 0.00371. The van der Waals surface area contributed by atoms with E-state index in [1.54, 1.807) is 7.05 Å². The van der Waals surface area contributed by atoms with Crippen molar-refractivity contribution in [2.75, 3.05) is 25.5 Å². The fourth-order valence-corrected chi connectivity index (χ4v) is 4.47. The minimum Gasteiger partial charge on any atom is -0.366 e. The summed E-state index contributed by atoms with van der Waals surface area (Å²) >= 11 is 0. The normalized spacial score (nSPS) is 19.4. The number of carbonyl (C=O) groups is 2. The molecule has 0 saturated heterocycles. The molecule has 0 bridgehead atoms. The van der Waals surface area contributed by atoms with E-state index in [-0.39, 0.29) is 44.3 Å². The largest absolute Gasteiger partial charge is 0.391 e. The van der Waals surface area contributed by atoms with Crippen LogP contribution in [0.1, 0.15) is 37.3 Å². The van der Waals surface area contributed by atoms with Gasteiger partial charge < -0.3 is 9.80 Å². The molecule has 0 aromatic heterocycles. The van der Waals surface area contributed by atoms with Crippen molar-refractivity contribution in [1.29, 1.82) is 0 Å². The highest BCUT2D eigenvalue weighted by atomic mass is 19.4. The molecule has 0 heterocycles. The van der Waals surface area contributed by atoms with Crippen molar-refractivity contribution < 1.29 is 22.8 Å². The van der Waals surface area contributed by atoms with E-state index in [9.17, 15) is 22.8 Å². The molecule has 5 nitrogen and oxygen atoms in total. The molecule has 1 saturated carbocycles. The van der Waals surface area contributed by atoms with Gasteiger partial charge in [0.15, 0.2) is 0 Å². The van der Waals surface area contributed by atoms with Crippen LogP contribution in [0.15, 0.2) is 60.7 Å². The lowest BCUT2D eigenvalue weighted by Gasteiger charge is -2.38. The van der Waals surface area contributed by atoms with E-state index in [2.05, 4.69) is 0 Å². The number of hydrogen-bond acceptors (Lipinski definition) is 3. The SMILES string of the molecule is CN(C(=O)N(C=O)CC(c1ccccc1)N(C)c1ccccc1)C1CCC(C(F)(F)F)CC1.